The molecule has 0 aromatic rings. The smallest absolute Gasteiger partial charge is 0.377 e. The first kappa shape index (κ1) is 17.8. The molecular weight excluding hydrogens is 267 g/mol. The van der Waals surface area contributed by atoms with Crippen molar-refractivity contribution in [3.05, 3.63) is 0 Å². The van der Waals surface area contributed by atoms with E-state index in [2.05, 4.69) is 26.1 Å². The zero-order valence-electron chi connectivity index (χ0n) is 12.9. The molecule has 2 unspecified atom stereocenters. The maximum Gasteiger partial charge on any atom is 0.389 e. The van der Waals surface area contributed by atoms with Gasteiger partial charge in [-0.15, -0.1) is 0 Å². The van der Waals surface area contributed by atoms with Crippen LogP contribution in [0.15, 0.2) is 0 Å². The van der Waals surface area contributed by atoms with E-state index < -0.39 is 12.6 Å². The number of hydrogen-bond acceptors (Lipinski definition) is 2. The van der Waals surface area contributed by atoms with Crippen LogP contribution in [0.3, 0.4) is 0 Å². The minimum absolute atomic E-state index is 0.0403. The molecule has 0 aromatic heterocycles. The zero-order chi connectivity index (χ0) is 15.2. The van der Waals surface area contributed by atoms with Gasteiger partial charge in [0.25, 0.3) is 0 Å². The summed E-state index contributed by atoms with van der Waals surface area (Å²) < 4.78 is 42.1. The Morgan fingerprint density at radius 2 is 2.00 bits per heavy atom. The van der Waals surface area contributed by atoms with Crippen molar-refractivity contribution in [1.29, 1.82) is 0 Å². The third-order valence-corrected chi connectivity index (χ3v) is 4.07. The van der Waals surface area contributed by atoms with Crippen LogP contribution < -0.4 is 5.32 Å². The van der Waals surface area contributed by atoms with Crippen LogP contribution in [0, 0.1) is 5.41 Å². The zero-order valence-corrected chi connectivity index (χ0v) is 12.9. The van der Waals surface area contributed by atoms with Gasteiger partial charge in [0.2, 0.25) is 0 Å². The molecule has 1 fully saturated rings. The maximum atomic E-state index is 12.1. The van der Waals surface area contributed by atoms with E-state index in [4.69, 9.17) is 4.74 Å². The standard InChI is InChI=1S/C15H28F3NO/c1-4-10-19-13-12(7-5-8-14(13,2)3)20-11-6-9-15(16,17)18/h12-13,19H,4-11H2,1-3H3. The average molecular weight is 295 g/mol. The summed E-state index contributed by atoms with van der Waals surface area (Å²) in [6.07, 6.45) is -0.521. The molecule has 0 aliphatic heterocycles. The maximum absolute atomic E-state index is 12.1. The van der Waals surface area contributed by atoms with Gasteiger partial charge in [-0.2, -0.15) is 13.2 Å². The SMILES string of the molecule is CCCNC1C(OCCCC(F)(F)F)CCCC1(C)C. The van der Waals surface area contributed by atoms with Gasteiger partial charge in [0.15, 0.2) is 0 Å². The van der Waals surface area contributed by atoms with Crippen molar-refractivity contribution >= 4 is 0 Å². The van der Waals surface area contributed by atoms with Crippen molar-refractivity contribution < 1.29 is 17.9 Å². The van der Waals surface area contributed by atoms with E-state index in [0.717, 1.165) is 32.2 Å². The van der Waals surface area contributed by atoms with E-state index in [1.807, 2.05) is 0 Å². The van der Waals surface area contributed by atoms with Gasteiger partial charge in [-0.3, -0.25) is 0 Å². The van der Waals surface area contributed by atoms with Crippen molar-refractivity contribution in [2.75, 3.05) is 13.2 Å². The average Bonchev–Trinajstić information content (AvgIpc) is 2.31. The summed E-state index contributed by atoms with van der Waals surface area (Å²) in [4.78, 5) is 0. The Labute approximate surface area is 120 Å². The summed E-state index contributed by atoms with van der Waals surface area (Å²) in [5.74, 6) is 0. The first-order valence-electron chi connectivity index (χ1n) is 7.68. The molecule has 0 saturated heterocycles. The lowest BCUT2D eigenvalue weighted by Crippen LogP contribution is -2.53. The van der Waals surface area contributed by atoms with Crippen molar-refractivity contribution in [3.8, 4) is 0 Å². The minimum Gasteiger partial charge on any atom is -0.377 e. The highest BCUT2D eigenvalue weighted by Crippen LogP contribution is 2.37. The van der Waals surface area contributed by atoms with E-state index >= 15 is 0 Å². The lowest BCUT2D eigenvalue weighted by Gasteiger charge is -2.44. The summed E-state index contributed by atoms with van der Waals surface area (Å²) in [6.45, 7) is 7.67. The molecular formula is C15H28F3NO. The van der Waals surface area contributed by atoms with E-state index in [1.54, 1.807) is 0 Å². The molecule has 0 bridgehead atoms. The van der Waals surface area contributed by atoms with E-state index in [9.17, 15) is 13.2 Å². The van der Waals surface area contributed by atoms with Gasteiger partial charge in [-0.25, -0.2) is 0 Å². The first-order chi connectivity index (χ1) is 9.26. The van der Waals surface area contributed by atoms with Crippen LogP contribution in [0.4, 0.5) is 13.2 Å². The lowest BCUT2D eigenvalue weighted by molar-refractivity contribution is -0.140. The van der Waals surface area contributed by atoms with Crippen LogP contribution in [0.5, 0.6) is 0 Å². The Morgan fingerprint density at radius 1 is 1.30 bits per heavy atom. The number of rotatable bonds is 7. The second-order valence-corrected chi connectivity index (χ2v) is 6.44. The molecule has 0 radical (unpaired) electrons. The fraction of sp³-hybridized carbons (Fsp3) is 1.00. The highest BCUT2D eigenvalue weighted by atomic mass is 19.4. The molecule has 0 aromatic carbocycles. The summed E-state index contributed by atoms with van der Waals surface area (Å²) in [5.41, 5.74) is 0.141. The molecule has 1 N–H and O–H groups in total. The Hall–Kier alpha value is -0.290. The molecule has 0 amide bonds. The lowest BCUT2D eigenvalue weighted by atomic mass is 9.71. The van der Waals surface area contributed by atoms with Crippen molar-refractivity contribution in [3.63, 3.8) is 0 Å². The van der Waals surface area contributed by atoms with Crippen LogP contribution in [0.25, 0.3) is 0 Å². The van der Waals surface area contributed by atoms with Crippen molar-refractivity contribution in [2.24, 2.45) is 5.41 Å². The van der Waals surface area contributed by atoms with Gasteiger partial charge in [0, 0.05) is 19.1 Å². The number of alkyl halides is 3. The highest BCUT2D eigenvalue weighted by molar-refractivity contribution is 4.94. The van der Waals surface area contributed by atoms with E-state index in [-0.39, 0.29) is 30.6 Å². The quantitative estimate of drug-likeness (QED) is 0.707. The Bertz CT molecular complexity index is 279. The molecule has 1 aliphatic rings. The van der Waals surface area contributed by atoms with Crippen LogP contribution in [0.1, 0.15) is 59.3 Å². The molecule has 2 nitrogen and oxygen atoms in total. The van der Waals surface area contributed by atoms with Crippen LogP contribution in [-0.2, 0) is 4.74 Å². The fourth-order valence-electron chi connectivity index (χ4n) is 2.98. The monoisotopic (exact) mass is 295 g/mol. The highest BCUT2D eigenvalue weighted by Gasteiger charge is 2.39. The molecule has 20 heavy (non-hydrogen) atoms. The molecule has 0 heterocycles. The second-order valence-electron chi connectivity index (χ2n) is 6.44. The van der Waals surface area contributed by atoms with Gasteiger partial charge in [0.05, 0.1) is 6.10 Å². The molecule has 5 heteroatoms. The molecule has 0 spiro atoms. The third-order valence-electron chi connectivity index (χ3n) is 4.07. The topological polar surface area (TPSA) is 21.3 Å². The molecule has 120 valence electrons. The molecule has 1 rings (SSSR count). The van der Waals surface area contributed by atoms with Gasteiger partial charge in [-0.05, 0) is 37.6 Å². The predicted molar refractivity (Wildman–Crippen MR) is 74.7 cm³/mol. The Morgan fingerprint density at radius 3 is 2.60 bits per heavy atom. The van der Waals surface area contributed by atoms with Gasteiger partial charge >= 0.3 is 6.18 Å². The Balaban J connectivity index is 2.44. The van der Waals surface area contributed by atoms with Gasteiger partial charge in [0.1, 0.15) is 0 Å². The van der Waals surface area contributed by atoms with E-state index in [1.165, 1.54) is 0 Å². The van der Waals surface area contributed by atoms with E-state index in [0.29, 0.717) is 0 Å². The number of nitrogens with one attached hydrogen (secondary N) is 1. The van der Waals surface area contributed by atoms with Crippen LogP contribution >= 0.6 is 0 Å². The third kappa shape index (κ3) is 6.00. The fourth-order valence-corrected chi connectivity index (χ4v) is 2.98. The van der Waals surface area contributed by atoms with Crippen LogP contribution in [0.2, 0.25) is 0 Å². The summed E-state index contributed by atoms with van der Waals surface area (Å²) in [5, 5.41) is 3.52. The van der Waals surface area contributed by atoms with Crippen LogP contribution in [-0.4, -0.2) is 31.5 Å². The van der Waals surface area contributed by atoms with Crippen molar-refractivity contribution in [1.82, 2.24) is 5.32 Å². The number of halogens is 3. The minimum atomic E-state index is -4.07. The van der Waals surface area contributed by atoms with Crippen molar-refractivity contribution in [2.45, 2.75) is 77.6 Å². The number of ether oxygens (including phenoxy) is 1. The molecule has 1 aliphatic carbocycles. The number of hydrogen-bond donors (Lipinski definition) is 1. The molecule has 1 saturated carbocycles. The second kappa shape index (κ2) is 7.64. The molecule has 2 atom stereocenters. The summed E-state index contributed by atoms with van der Waals surface area (Å²) in [6, 6.07) is 0.238. The first-order valence-corrected chi connectivity index (χ1v) is 7.68. The van der Waals surface area contributed by atoms with Gasteiger partial charge in [-0.1, -0.05) is 27.2 Å². The largest absolute Gasteiger partial charge is 0.389 e. The Kier molecular flexibility index (Phi) is 6.79. The summed E-state index contributed by atoms with van der Waals surface area (Å²) in [7, 11) is 0. The van der Waals surface area contributed by atoms with Gasteiger partial charge < -0.3 is 10.1 Å². The predicted octanol–water partition coefficient (Wildman–Crippen LogP) is 4.29. The normalized spacial score (nSPS) is 26.7. The summed E-state index contributed by atoms with van der Waals surface area (Å²) >= 11 is 0.